The third-order valence-corrected chi connectivity index (χ3v) is 3.77. The highest BCUT2D eigenvalue weighted by molar-refractivity contribution is 5.72. The Morgan fingerprint density at radius 3 is 2.54 bits per heavy atom. The van der Waals surface area contributed by atoms with Crippen LogP contribution in [0.25, 0.3) is 5.65 Å². The van der Waals surface area contributed by atoms with E-state index in [0.29, 0.717) is 17.2 Å². The summed E-state index contributed by atoms with van der Waals surface area (Å²) in [6.45, 7) is 6.01. The van der Waals surface area contributed by atoms with Gasteiger partial charge in [0.2, 0.25) is 0 Å². The molecule has 0 saturated carbocycles. The summed E-state index contributed by atoms with van der Waals surface area (Å²) in [7, 11) is 0. The Hall–Kier alpha value is -3.02. The van der Waals surface area contributed by atoms with Gasteiger partial charge in [-0.05, 0) is 44.0 Å². The standard InChI is InChI=1S/C18H18N4O2/c1-11-8-12(2)17(13(3)9-11)20-21-18-14(10-16(23)24)19-15-6-4-5-7-22(15)18/h4-9H,10H2,1-3H3,(H,23,24). The molecular weight excluding hydrogens is 304 g/mol. The Bertz CT molecular complexity index is 934. The van der Waals surface area contributed by atoms with Crippen LogP contribution in [-0.4, -0.2) is 20.5 Å². The number of aromatic nitrogens is 2. The molecule has 3 aromatic rings. The summed E-state index contributed by atoms with van der Waals surface area (Å²) in [5, 5.41) is 17.8. The van der Waals surface area contributed by atoms with Crippen molar-refractivity contribution in [2.75, 3.05) is 0 Å². The van der Waals surface area contributed by atoms with Gasteiger partial charge in [0.1, 0.15) is 5.65 Å². The van der Waals surface area contributed by atoms with Crippen molar-refractivity contribution in [1.29, 1.82) is 0 Å². The molecule has 2 aromatic heterocycles. The number of rotatable bonds is 4. The number of pyridine rings is 1. The lowest BCUT2D eigenvalue weighted by Crippen LogP contribution is -2.00. The maximum Gasteiger partial charge on any atom is 0.309 e. The van der Waals surface area contributed by atoms with Crippen LogP contribution in [0.15, 0.2) is 46.8 Å². The largest absolute Gasteiger partial charge is 0.481 e. The summed E-state index contributed by atoms with van der Waals surface area (Å²) < 4.78 is 1.75. The highest BCUT2D eigenvalue weighted by atomic mass is 16.4. The van der Waals surface area contributed by atoms with E-state index in [1.54, 1.807) is 10.6 Å². The first-order chi connectivity index (χ1) is 11.5. The molecule has 0 saturated heterocycles. The van der Waals surface area contributed by atoms with Gasteiger partial charge in [-0.25, -0.2) is 4.98 Å². The zero-order valence-corrected chi connectivity index (χ0v) is 13.8. The van der Waals surface area contributed by atoms with Crippen molar-refractivity contribution < 1.29 is 9.90 Å². The van der Waals surface area contributed by atoms with E-state index < -0.39 is 5.97 Å². The molecule has 3 rings (SSSR count). The fraction of sp³-hybridized carbons (Fsp3) is 0.222. The molecule has 0 amide bonds. The van der Waals surface area contributed by atoms with Gasteiger partial charge in [-0.15, -0.1) is 10.2 Å². The van der Waals surface area contributed by atoms with Crippen molar-refractivity contribution in [1.82, 2.24) is 9.38 Å². The fourth-order valence-electron chi connectivity index (χ4n) is 2.83. The molecule has 0 aliphatic rings. The molecular formula is C18H18N4O2. The molecule has 0 atom stereocenters. The van der Waals surface area contributed by atoms with Crippen LogP contribution in [0.4, 0.5) is 11.5 Å². The van der Waals surface area contributed by atoms with Gasteiger partial charge in [0.05, 0.1) is 17.8 Å². The highest BCUT2D eigenvalue weighted by Crippen LogP contribution is 2.29. The molecule has 1 aromatic carbocycles. The van der Waals surface area contributed by atoms with Crippen LogP contribution >= 0.6 is 0 Å². The number of nitrogens with zero attached hydrogens (tertiary/aromatic N) is 4. The molecule has 6 heteroatoms. The normalized spacial score (nSPS) is 11.5. The second-order valence-electron chi connectivity index (χ2n) is 5.83. The maximum absolute atomic E-state index is 11.1. The van der Waals surface area contributed by atoms with Crippen LogP contribution in [0.2, 0.25) is 0 Å². The molecule has 0 bridgehead atoms. The van der Waals surface area contributed by atoms with Crippen LogP contribution in [0.5, 0.6) is 0 Å². The summed E-state index contributed by atoms with van der Waals surface area (Å²) in [6, 6.07) is 9.61. The number of hydrogen-bond acceptors (Lipinski definition) is 4. The number of carbonyl (C=O) groups is 1. The molecule has 0 fully saturated rings. The van der Waals surface area contributed by atoms with Gasteiger partial charge in [-0.2, -0.15) is 0 Å². The van der Waals surface area contributed by atoms with E-state index in [1.807, 2.05) is 51.1 Å². The van der Waals surface area contributed by atoms with E-state index in [9.17, 15) is 4.79 Å². The predicted octanol–water partition coefficient (Wildman–Crippen LogP) is 4.30. The van der Waals surface area contributed by atoms with Crippen LogP contribution in [0.1, 0.15) is 22.4 Å². The first-order valence-corrected chi connectivity index (χ1v) is 7.63. The molecule has 0 radical (unpaired) electrons. The first-order valence-electron chi connectivity index (χ1n) is 7.63. The van der Waals surface area contributed by atoms with Gasteiger partial charge in [-0.3, -0.25) is 9.20 Å². The fourth-order valence-corrected chi connectivity index (χ4v) is 2.83. The van der Waals surface area contributed by atoms with Crippen molar-refractivity contribution in [2.24, 2.45) is 10.2 Å². The number of aliphatic carboxylic acids is 1. The van der Waals surface area contributed by atoms with Gasteiger partial charge in [0.25, 0.3) is 0 Å². The lowest BCUT2D eigenvalue weighted by Gasteiger charge is -2.05. The number of carboxylic acid groups (broad SMARTS) is 1. The first kappa shape index (κ1) is 15.9. The number of carboxylic acids is 1. The van der Waals surface area contributed by atoms with E-state index in [-0.39, 0.29) is 6.42 Å². The summed E-state index contributed by atoms with van der Waals surface area (Å²) >= 11 is 0. The second-order valence-corrected chi connectivity index (χ2v) is 5.83. The van der Waals surface area contributed by atoms with Gasteiger partial charge in [-0.1, -0.05) is 23.8 Å². The Morgan fingerprint density at radius 1 is 1.17 bits per heavy atom. The quantitative estimate of drug-likeness (QED) is 0.727. The smallest absolute Gasteiger partial charge is 0.309 e. The molecule has 24 heavy (non-hydrogen) atoms. The molecule has 122 valence electrons. The number of aryl methyl sites for hydroxylation is 3. The van der Waals surface area contributed by atoms with E-state index in [1.165, 1.54) is 5.56 Å². The predicted molar refractivity (Wildman–Crippen MR) is 91.4 cm³/mol. The lowest BCUT2D eigenvalue weighted by molar-refractivity contribution is -0.136. The monoisotopic (exact) mass is 322 g/mol. The van der Waals surface area contributed by atoms with Gasteiger partial charge >= 0.3 is 5.97 Å². The summed E-state index contributed by atoms with van der Waals surface area (Å²) in [6.07, 6.45) is 1.61. The van der Waals surface area contributed by atoms with Gasteiger partial charge < -0.3 is 5.11 Å². The van der Waals surface area contributed by atoms with Crippen LogP contribution in [0, 0.1) is 20.8 Å². The zero-order chi connectivity index (χ0) is 17.3. The van der Waals surface area contributed by atoms with Crippen molar-refractivity contribution in [3.8, 4) is 0 Å². The average Bonchev–Trinajstić information content (AvgIpc) is 2.83. The Balaban J connectivity index is 2.11. The molecule has 0 aliphatic carbocycles. The van der Waals surface area contributed by atoms with Crippen LogP contribution < -0.4 is 0 Å². The highest BCUT2D eigenvalue weighted by Gasteiger charge is 2.15. The van der Waals surface area contributed by atoms with E-state index in [4.69, 9.17) is 5.11 Å². The summed E-state index contributed by atoms with van der Waals surface area (Å²) in [5.74, 6) is -0.495. The number of hydrogen-bond donors (Lipinski definition) is 1. The molecule has 6 nitrogen and oxygen atoms in total. The zero-order valence-electron chi connectivity index (χ0n) is 13.8. The minimum absolute atomic E-state index is 0.193. The van der Waals surface area contributed by atoms with Gasteiger partial charge in [0, 0.05) is 6.20 Å². The third-order valence-electron chi connectivity index (χ3n) is 3.77. The minimum atomic E-state index is -0.947. The van der Waals surface area contributed by atoms with Gasteiger partial charge in [0.15, 0.2) is 5.82 Å². The average molecular weight is 322 g/mol. The van der Waals surface area contributed by atoms with E-state index in [0.717, 1.165) is 16.8 Å². The molecule has 0 unspecified atom stereocenters. The molecule has 0 spiro atoms. The molecule has 2 heterocycles. The number of benzene rings is 1. The summed E-state index contributed by atoms with van der Waals surface area (Å²) in [4.78, 5) is 15.4. The molecule has 1 N–H and O–H groups in total. The Kier molecular flexibility index (Phi) is 4.12. The number of azo groups is 1. The maximum atomic E-state index is 11.1. The van der Waals surface area contributed by atoms with E-state index >= 15 is 0 Å². The van der Waals surface area contributed by atoms with Crippen LogP contribution in [0.3, 0.4) is 0 Å². The number of fused-ring (bicyclic) bond motifs is 1. The SMILES string of the molecule is Cc1cc(C)c(N=Nc2c(CC(=O)O)nc3ccccn23)c(C)c1. The Morgan fingerprint density at radius 2 is 1.88 bits per heavy atom. The molecule has 0 aliphatic heterocycles. The number of imidazole rings is 1. The van der Waals surface area contributed by atoms with E-state index in [2.05, 4.69) is 15.2 Å². The topological polar surface area (TPSA) is 79.3 Å². The van der Waals surface area contributed by atoms with Crippen LogP contribution in [-0.2, 0) is 11.2 Å². The minimum Gasteiger partial charge on any atom is -0.481 e. The van der Waals surface area contributed by atoms with Crippen molar-refractivity contribution in [3.63, 3.8) is 0 Å². The third kappa shape index (κ3) is 3.03. The van der Waals surface area contributed by atoms with Crippen molar-refractivity contribution in [2.45, 2.75) is 27.2 Å². The second kappa shape index (κ2) is 6.23. The van der Waals surface area contributed by atoms with Crippen molar-refractivity contribution >= 4 is 23.1 Å². The van der Waals surface area contributed by atoms with Crippen molar-refractivity contribution in [3.05, 3.63) is 58.9 Å². The summed E-state index contributed by atoms with van der Waals surface area (Å²) in [5.41, 5.74) is 5.09. The Labute approximate surface area is 139 Å². The lowest BCUT2D eigenvalue weighted by atomic mass is 10.1.